The van der Waals surface area contributed by atoms with Crippen LogP contribution in [0.3, 0.4) is 0 Å². The van der Waals surface area contributed by atoms with Crippen molar-refractivity contribution in [3.05, 3.63) is 58.1 Å². The zero-order valence-electron chi connectivity index (χ0n) is 15.7. The quantitative estimate of drug-likeness (QED) is 0.761. The van der Waals surface area contributed by atoms with Crippen molar-refractivity contribution in [1.82, 2.24) is 19.8 Å². The second kappa shape index (κ2) is 7.95. The van der Waals surface area contributed by atoms with Gasteiger partial charge in [-0.15, -0.1) is 0 Å². The fraction of sp³-hybridized carbons (Fsp3) is 0.476. The van der Waals surface area contributed by atoms with Gasteiger partial charge in [-0.2, -0.15) is 0 Å². The number of hydrogen-bond donors (Lipinski definition) is 0. The van der Waals surface area contributed by atoms with E-state index in [1.807, 2.05) is 11.8 Å². The monoisotopic (exact) mass is 384 g/mol. The second-order valence-corrected chi connectivity index (χ2v) is 7.75. The number of nitrogens with zero attached hydrogens (tertiary/aromatic N) is 4. The van der Waals surface area contributed by atoms with Gasteiger partial charge in [0.1, 0.15) is 16.7 Å². The van der Waals surface area contributed by atoms with Crippen LogP contribution in [0.5, 0.6) is 0 Å². The molecule has 0 aliphatic carbocycles. The number of fused-ring (bicyclic) bond motifs is 1. The number of aromatic nitrogens is 2. The van der Waals surface area contributed by atoms with E-state index in [0.29, 0.717) is 29.1 Å². The molecule has 5 nitrogen and oxygen atoms in total. The summed E-state index contributed by atoms with van der Waals surface area (Å²) in [4.78, 5) is 25.8. The van der Waals surface area contributed by atoms with Gasteiger partial charge in [-0.05, 0) is 30.4 Å². The molecule has 2 aliphatic heterocycles. The molecule has 0 atom stereocenters. The van der Waals surface area contributed by atoms with Crippen LogP contribution in [0.1, 0.15) is 47.2 Å². The van der Waals surface area contributed by atoms with Gasteiger partial charge in [0, 0.05) is 44.7 Å². The summed E-state index contributed by atoms with van der Waals surface area (Å²) in [5, 5.41) is 0.340. The lowest BCUT2D eigenvalue weighted by Gasteiger charge is -2.40. The van der Waals surface area contributed by atoms with Crippen molar-refractivity contribution in [2.45, 2.75) is 45.2 Å². The molecule has 2 aromatic rings. The van der Waals surface area contributed by atoms with Gasteiger partial charge in [-0.25, -0.2) is 9.97 Å². The molecule has 2 aliphatic rings. The zero-order chi connectivity index (χ0) is 18.8. The summed E-state index contributed by atoms with van der Waals surface area (Å²) in [6.07, 6.45) is 3.80. The number of halogens is 1. The molecular formula is C21H25ClN4O. The lowest BCUT2D eigenvalue weighted by Crippen LogP contribution is -2.48. The SMILES string of the molecule is CCc1nc(Cl)cc(C(=O)N2CCC(N3CCc4ccccc4C3)CC2)n1. The molecule has 1 saturated heterocycles. The molecule has 0 bridgehead atoms. The van der Waals surface area contributed by atoms with Crippen molar-refractivity contribution in [3.63, 3.8) is 0 Å². The van der Waals surface area contributed by atoms with Gasteiger partial charge >= 0.3 is 0 Å². The number of carbonyl (C=O) groups is 1. The predicted molar refractivity (Wildman–Crippen MR) is 106 cm³/mol. The Kier molecular flexibility index (Phi) is 5.41. The van der Waals surface area contributed by atoms with Crippen LogP contribution in [0.15, 0.2) is 30.3 Å². The summed E-state index contributed by atoms with van der Waals surface area (Å²) in [5.74, 6) is 0.587. The maximum absolute atomic E-state index is 12.8. The maximum atomic E-state index is 12.8. The summed E-state index contributed by atoms with van der Waals surface area (Å²) >= 11 is 6.05. The third-order valence-electron chi connectivity index (χ3n) is 5.70. The molecule has 0 spiro atoms. The van der Waals surface area contributed by atoms with Gasteiger partial charge < -0.3 is 4.90 Å². The normalized spacial score (nSPS) is 18.4. The summed E-state index contributed by atoms with van der Waals surface area (Å²) < 4.78 is 0. The molecule has 1 amide bonds. The van der Waals surface area contributed by atoms with Crippen molar-refractivity contribution < 1.29 is 4.79 Å². The molecule has 3 heterocycles. The number of rotatable bonds is 3. The van der Waals surface area contributed by atoms with Crippen LogP contribution >= 0.6 is 11.6 Å². The van der Waals surface area contributed by atoms with Gasteiger partial charge in [-0.3, -0.25) is 9.69 Å². The summed E-state index contributed by atoms with van der Waals surface area (Å²) in [6, 6.07) is 10.9. The van der Waals surface area contributed by atoms with E-state index in [4.69, 9.17) is 11.6 Å². The largest absolute Gasteiger partial charge is 0.337 e. The minimum absolute atomic E-state index is 0.0311. The Morgan fingerprint density at radius 2 is 1.89 bits per heavy atom. The first kappa shape index (κ1) is 18.4. The van der Waals surface area contributed by atoms with Crippen LogP contribution in [0.4, 0.5) is 0 Å². The topological polar surface area (TPSA) is 49.3 Å². The van der Waals surface area contributed by atoms with E-state index in [0.717, 1.165) is 45.4 Å². The van der Waals surface area contributed by atoms with E-state index < -0.39 is 0 Å². The number of amides is 1. The van der Waals surface area contributed by atoms with Gasteiger partial charge in [-0.1, -0.05) is 42.8 Å². The predicted octanol–water partition coefficient (Wildman–Crippen LogP) is 3.36. The Labute approximate surface area is 165 Å². The van der Waals surface area contributed by atoms with Crippen molar-refractivity contribution in [1.29, 1.82) is 0 Å². The highest BCUT2D eigenvalue weighted by Gasteiger charge is 2.29. The highest BCUT2D eigenvalue weighted by atomic mass is 35.5. The summed E-state index contributed by atoms with van der Waals surface area (Å²) in [7, 11) is 0. The minimum atomic E-state index is -0.0311. The van der Waals surface area contributed by atoms with Crippen molar-refractivity contribution in [2.75, 3.05) is 19.6 Å². The van der Waals surface area contributed by atoms with E-state index in [9.17, 15) is 4.79 Å². The van der Waals surface area contributed by atoms with E-state index in [-0.39, 0.29) is 5.91 Å². The van der Waals surface area contributed by atoms with E-state index in [1.165, 1.54) is 11.1 Å². The first-order valence-electron chi connectivity index (χ1n) is 9.77. The summed E-state index contributed by atoms with van der Waals surface area (Å²) in [5.41, 5.74) is 3.34. The number of carbonyl (C=O) groups excluding carboxylic acids is 1. The van der Waals surface area contributed by atoms with Crippen LogP contribution in [0.25, 0.3) is 0 Å². The van der Waals surface area contributed by atoms with Gasteiger partial charge in [0.15, 0.2) is 0 Å². The second-order valence-electron chi connectivity index (χ2n) is 7.36. The average Bonchev–Trinajstić information content (AvgIpc) is 2.72. The van der Waals surface area contributed by atoms with Crippen molar-refractivity contribution >= 4 is 17.5 Å². The lowest BCUT2D eigenvalue weighted by atomic mass is 9.95. The summed E-state index contributed by atoms with van der Waals surface area (Å²) in [6.45, 7) is 5.63. The van der Waals surface area contributed by atoms with E-state index in [2.05, 4.69) is 39.1 Å². The smallest absolute Gasteiger partial charge is 0.272 e. The molecule has 0 N–H and O–H groups in total. The van der Waals surface area contributed by atoms with Gasteiger partial charge in [0.2, 0.25) is 0 Å². The molecule has 1 fully saturated rings. The van der Waals surface area contributed by atoms with Crippen LogP contribution < -0.4 is 0 Å². The number of likely N-dealkylation sites (tertiary alicyclic amines) is 1. The molecule has 6 heteroatoms. The molecule has 0 radical (unpaired) electrons. The molecule has 0 saturated carbocycles. The third-order valence-corrected chi connectivity index (χ3v) is 5.90. The number of aryl methyl sites for hydroxylation is 1. The zero-order valence-corrected chi connectivity index (χ0v) is 16.5. The molecule has 27 heavy (non-hydrogen) atoms. The number of piperidine rings is 1. The van der Waals surface area contributed by atoms with Crippen molar-refractivity contribution in [2.24, 2.45) is 0 Å². The van der Waals surface area contributed by atoms with Crippen LogP contribution in [0, 0.1) is 0 Å². The van der Waals surface area contributed by atoms with Crippen LogP contribution in [0.2, 0.25) is 5.15 Å². The Morgan fingerprint density at radius 1 is 1.15 bits per heavy atom. The lowest BCUT2D eigenvalue weighted by molar-refractivity contribution is 0.0593. The van der Waals surface area contributed by atoms with Gasteiger partial charge in [0.25, 0.3) is 5.91 Å². The Bertz CT molecular complexity index is 833. The Hall–Kier alpha value is -1.98. The maximum Gasteiger partial charge on any atom is 0.272 e. The fourth-order valence-electron chi connectivity index (χ4n) is 4.16. The Morgan fingerprint density at radius 3 is 2.63 bits per heavy atom. The standard InChI is InChI=1S/C21H25ClN4O/c1-2-20-23-18(13-19(22)24-20)21(27)25-11-8-17(9-12-25)26-10-7-15-5-3-4-6-16(15)14-26/h3-6,13,17H,2,7-12,14H2,1H3. The molecule has 142 valence electrons. The molecule has 4 rings (SSSR count). The Balaban J connectivity index is 1.38. The molecule has 0 unspecified atom stereocenters. The minimum Gasteiger partial charge on any atom is -0.337 e. The highest BCUT2D eigenvalue weighted by molar-refractivity contribution is 6.29. The third kappa shape index (κ3) is 3.99. The van der Waals surface area contributed by atoms with Crippen LogP contribution in [-0.2, 0) is 19.4 Å². The number of benzene rings is 1. The highest BCUT2D eigenvalue weighted by Crippen LogP contribution is 2.25. The molecule has 1 aromatic heterocycles. The van der Waals surface area contributed by atoms with Gasteiger partial charge in [0.05, 0.1) is 0 Å². The van der Waals surface area contributed by atoms with Crippen molar-refractivity contribution in [3.8, 4) is 0 Å². The number of hydrogen-bond acceptors (Lipinski definition) is 4. The van der Waals surface area contributed by atoms with E-state index in [1.54, 1.807) is 6.07 Å². The fourth-order valence-corrected chi connectivity index (χ4v) is 4.36. The average molecular weight is 385 g/mol. The molecular weight excluding hydrogens is 360 g/mol. The first-order chi connectivity index (χ1) is 13.1. The van der Waals surface area contributed by atoms with E-state index >= 15 is 0 Å². The molecule has 1 aromatic carbocycles. The van der Waals surface area contributed by atoms with Crippen LogP contribution in [-0.4, -0.2) is 51.4 Å². The first-order valence-corrected chi connectivity index (χ1v) is 10.2.